The van der Waals surface area contributed by atoms with Crippen molar-refractivity contribution in [3.63, 3.8) is 0 Å². The first kappa shape index (κ1) is 17.2. The lowest BCUT2D eigenvalue weighted by molar-refractivity contribution is -0.121. The lowest BCUT2D eigenvalue weighted by Crippen LogP contribution is -2.28. The van der Waals surface area contributed by atoms with E-state index >= 15 is 0 Å². The van der Waals surface area contributed by atoms with Crippen LogP contribution in [0.2, 0.25) is 0 Å². The van der Waals surface area contributed by atoms with Crippen LogP contribution in [0, 0.1) is 12.8 Å². The minimum Gasteiger partial charge on any atom is -0.349 e. The van der Waals surface area contributed by atoms with Crippen LogP contribution < -0.4 is 10.6 Å². The summed E-state index contributed by atoms with van der Waals surface area (Å²) in [6, 6.07) is 15.6. The highest BCUT2D eigenvalue weighted by atomic mass is 16.2. The topological polar surface area (TPSA) is 58.2 Å². The van der Waals surface area contributed by atoms with Gasteiger partial charge in [-0.05, 0) is 49.9 Å². The molecule has 0 heterocycles. The van der Waals surface area contributed by atoms with Crippen molar-refractivity contribution in [2.45, 2.75) is 39.2 Å². The lowest BCUT2D eigenvalue weighted by atomic mass is 10.1. The quantitative estimate of drug-likeness (QED) is 0.844. The highest BCUT2D eigenvalue weighted by Crippen LogP contribution is 2.30. The fourth-order valence-corrected chi connectivity index (χ4v) is 2.71. The van der Waals surface area contributed by atoms with Gasteiger partial charge in [0, 0.05) is 11.6 Å². The van der Waals surface area contributed by atoms with Gasteiger partial charge in [0.05, 0.1) is 12.5 Å². The average molecular weight is 336 g/mol. The predicted octanol–water partition coefficient (Wildman–Crippen LogP) is 3.76. The van der Waals surface area contributed by atoms with E-state index in [2.05, 4.69) is 10.6 Å². The van der Waals surface area contributed by atoms with Crippen LogP contribution in [-0.4, -0.2) is 11.8 Å². The van der Waals surface area contributed by atoms with Crippen molar-refractivity contribution < 1.29 is 9.59 Å². The number of carbonyl (C=O) groups excluding carboxylic acids is 2. The number of nitrogens with one attached hydrogen (secondary N) is 2. The third-order valence-electron chi connectivity index (χ3n) is 4.49. The van der Waals surface area contributed by atoms with Crippen molar-refractivity contribution >= 4 is 17.5 Å². The third kappa shape index (κ3) is 4.92. The van der Waals surface area contributed by atoms with Crippen molar-refractivity contribution in [1.29, 1.82) is 0 Å². The van der Waals surface area contributed by atoms with Crippen LogP contribution in [-0.2, 0) is 16.0 Å². The number of rotatable bonds is 6. The SMILES string of the molecule is Cc1ccc(CC(=O)NC(C)c2ccc(NC(=O)C3CC3)cc2)cc1. The van der Waals surface area contributed by atoms with E-state index in [-0.39, 0.29) is 23.8 Å². The maximum absolute atomic E-state index is 12.2. The molecule has 4 heteroatoms. The summed E-state index contributed by atoms with van der Waals surface area (Å²) in [5, 5.41) is 5.94. The van der Waals surface area contributed by atoms with E-state index in [1.54, 1.807) is 0 Å². The maximum Gasteiger partial charge on any atom is 0.227 e. The molecule has 2 aromatic rings. The number of anilines is 1. The zero-order valence-electron chi connectivity index (χ0n) is 14.7. The zero-order chi connectivity index (χ0) is 17.8. The van der Waals surface area contributed by atoms with Gasteiger partial charge in [-0.15, -0.1) is 0 Å². The largest absolute Gasteiger partial charge is 0.349 e. The van der Waals surface area contributed by atoms with E-state index in [1.165, 1.54) is 5.56 Å². The molecule has 0 saturated heterocycles. The fourth-order valence-electron chi connectivity index (χ4n) is 2.71. The molecule has 4 nitrogen and oxygen atoms in total. The molecule has 1 atom stereocenters. The molecule has 25 heavy (non-hydrogen) atoms. The average Bonchev–Trinajstić information content (AvgIpc) is 3.42. The Labute approximate surface area is 148 Å². The normalized spacial score (nSPS) is 14.6. The van der Waals surface area contributed by atoms with Gasteiger partial charge in [0.15, 0.2) is 0 Å². The van der Waals surface area contributed by atoms with E-state index in [4.69, 9.17) is 0 Å². The summed E-state index contributed by atoms with van der Waals surface area (Å²) in [5.74, 6) is 0.300. The van der Waals surface area contributed by atoms with Gasteiger partial charge >= 0.3 is 0 Å². The Morgan fingerprint density at radius 2 is 1.68 bits per heavy atom. The molecule has 0 radical (unpaired) electrons. The second-order valence-electron chi connectivity index (χ2n) is 6.84. The molecule has 1 unspecified atom stereocenters. The summed E-state index contributed by atoms with van der Waals surface area (Å²) < 4.78 is 0. The van der Waals surface area contributed by atoms with Crippen molar-refractivity contribution in [3.8, 4) is 0 Å². The van der Waals surface area contributed by atoms with Crippen LogP contribution >= 0.6 is 0 Å². The second kappa shape index (κ2) is 7.51. The van der Waals surface area contributed by atoms with Gasteiger partial charge in [0.25, 0.3) is 0 Å². The summed E-state index contributed by atoms with van der Waals surface area (Å²) in [6.45, 7) is 3.99. The van der Waals surface area contributed by atoms with E-state index < -0.39 is 0 Å². The standard InChI is InChI=1S/C21H24N2O2/c1-14-3-5-16(6-4-14)13-20(24)22-15(2)17-9-11-19(12-10-17)23-21(25)18-7-8-18/h3-6,9-12,15,18H,7-8,13H2,1-2H3,(H,22,24)(H,23,25). The number of carbonyl (C=O) groups is 2. The van der Waals surface area contributed by atoms with Crippen molar-refractivity contribution in [2.75, 3.05) is 5.32 Å². The Bertz CT molecular complexity index is 746. The van der Waals surface area contributed by atoms with Gasteiger partial charge in [-0.2, -0.15) is 0 Å². The molecule has 3 rings (SSSR count). The van der Waals surface area contributed by atoms with Crippen molar-refractivity contribution in [3.05, 3.63) is 65.2 Å². The Morgan fingerprint density at radius 3 is 2.28 bits per heavy atom. The van der Waals surface area contributed by atoms with Crippen LogP contribution in [0.5, 0.6) is 0 Å². The van der Waals surface area contributed by atoms with Gasteiger partial charge in [0.1, 0.15) is 0 Å². The maximum atomic E-state index is 12.2. The number of hydrogen-bond donors (Lipinski definition) is 2. The Kier molecular flexibility index (Phi) is 5.17. The monoisotopic (exact) mass is 336 g/mol. The predicted molar refractivity (Wildman–Crippen MR) is 99.2 cm³/mol. The van der Waals surface area contributed by atoms with E-state index in [1.807, 2.05) is 62.4 Å². The van der Waals surface area contributed by atoms with Crippen LogP contribution in [0.1, 0.15) is 42.5 Å². The number of hydrogen-bond acceptors (Lipinski definition) is 2. The van der Waals surface area contributed by atoms with Gasteiger partial charge in [-0.25, -0.2) is 0 Å². The Balaban J connectivity index is 1.53. The van der Waals surface area contributed by atoms with Gasteiger partial charge in [-0.1, -0.05) is 42.0 Å². The molecule has 1 aliphatic carbocycles. The third-order valence-corrected chi connectivity index (χ3v) is 4.49. The fraction of sp³-hybridized carbons (Fsp3) is 0.333. The molecular weight excluding hydrogens is 312 g/mol. The molecule has 2 N–H and O–H groups in total. The second-order valence-corrected chi connectivity index (χ2v) is 6.84. The van der Waals surface area contributed by atoms with Gasteiger partial charge in [-0.3, -0.25) is 9.59 Å². The summed E-state index contributed by atoms with van der Waals surface area (Å²) in [6.07, 6.45) is 2.36. The van der Waals surface area contributed by atoms with Gasteiger partial charge < -0.3 is 10.6 Å². The van der Waals surface area contributed by atoms with Crippen molar-refractivity contribution in [1.82, 2.24) is 5.32 Å². The first-order valence-electron chi connectivity index (χ1n) is 8.77. The summed E-state index contributed by atoms with van der Waals surface area (Å²) in [7, 11) is 0. The van der Waals surface area contributed by atoms with E-state index in [0.29, 0.717) is 6.42 Å². The van der Waals surface area contributed by atoms with Gasteiger partial charge in [0.2, 0.25) is 11.8 Å². The van der Waals surface area contributed by atoms with Crippen LogP contribution in [0.25, 0.3) is 0 Å². The van der Waals surface area contributed by atoms with E-state index in [9.17, 15) is 9.59 Å². The molecular formula is C21H24N2O2. The van der Waals surface area contributed by atoms with Crippen molar-refractivity contribution in [2.24, 2.45) is 5.92 Å². The highest BCUT2D eigenvalue weighted by Gasteiger charge is 2.29. The van der Waals surface area contributed by atoms with Crippen LogP contribution in [0.4, 0.5) is 5.69 Å². The Hall–Kier alpha value is -2.62. The van der Waals surface area contributed by atoms with Crippen LogP contribution in [0.15, 0.2) is 48.5 Å². The zero-order valence-corrected chi connectivity index (χ0v) is 14.7. The number of amides is 2. The summed E-state index contributed by atoms with van der Waals surface area (Å²) >= 11 is 0. The molecule has 2 amide bonds. The first-order chi connectivity index (χ1) is 12.0. The molecule has 1 fully saturated rings. The molecule has 130 valence electrons. The lowest BCUT2D eigenvalue weighted by Gasteiger charge is -2.15. The molecule has 2 aromatic carbocycles. The molecule has 0 aliphatic heterocycles. The first-order valence-corrected chi connectivity index (χ1v) is 8.77. The molecule has 1 saturated carbocycles. The molecule has 0 bridgehead atoms. The van der Waals surface area contributed by atoms with Crippen LogP contribution in [0.3, 0.4) is 0 Å². The molecule has 1 aliphatic rings. The minimum absolute atomic E-state index is 0.00228. The molecule has 0 aromatic heterocycles. The Morgan fingerprint density at radius 1 is 1.04 bits per heavy atom. The molecule has 0 spiro atoms. The van der Waals surface area contributed by atoms with E-state index in [0.717, 1.165) is 29.7 Å². The summed E-state index contributed by atoms with van der Waals surface area (Å²) in [5.41, 5.74) is 4.01. The number of benzene rings is 2. The smallest absolute Gasteiger partial charge is 0.227 e. The minimum atomic E-state index is -0.0777. The summed E-state index contributed by atoms with van der Waals surface area (Å²) in [4.78, 5) is 24.0. The number of aryl methyl sites for hydroxylation is 1. The highest BCUT2D eigenvalue weighted by molar-refractivity contribution is 5.94.